The molecule has 0 spiro atoms. The van der Waals surface area contributed by atoms with Gasteiger partial charge >= 0.3 is 0 Å². The zero-order valence-corrected chi connectivity index (χ0v) is 11.9. The average molecular weight is 295 g/mol. The minimum Gasteiger partial charge on any atom is -0.487 e. The highest BCUT2D eigenvalue weighted by Crippen LogP contribution is 2.22. The third-order valence-corrected chi connectivity index (χ3v) is 3.27. The molecule has 1 aromatic carbocycles. The first-order chi connectivity index (χ1) is 10.7. The Morgan fingerprint density at radius 3 is 2.64 bits per heavy atom. The van der Waals surface area contributed by atoms with Gasteiger partial charge in [-0.15, -0.1) is 0 Å². The molecule has 0 saturated carbocycles. The third kappa shape index (κ3) is 3.07. The van der Waals surface area contributed by atoms with Crippen LogP contribution in [0.4, 0.5) is 0 Å². The van der Waals surface area contributed by atoms with Crippen LogP contribution in [0.1, 0.15) is 11.3 Å². The van der Waals surface area contributed by atoms with Crippen LogP contribution < -0.4 is 21.5 Å². The Hall–Kier alpha value is -2.86. The number of aliphatic imine (C=N–C) groups is 1. The zero-order chi connectivity index (χ0) is 15.4. The van der Waals surface area contributed by atoms with Crippen molar-refractivity contribution in [2.45, 2.75) is 12.4 Å². The van der Waals surface area contributed by atoms with E-state index in [1.54, 1.807) is 18.5 Å². The number of benzene rings is 1. The predicted molar refractivity (Wildman–Crippen MR) is 84.8 cm³/mol. The zero-order valence-electron chi connectivity index (χ0n) is 11.9. The van der Waals surface area contributed by atoms with Gasteiger partial charge in [0.2, 0.25) is 5.79 Å². The van der Waals surface area contributed by atoms with Crippen molar-refractivity contribution in [2.24, 2.45) is 16.5 Å². The lowest BCUT2D eigenvalue weighted by Gasteiger charge is -2.28. The molecule has 3 rings (SSSR count). The largest absolute Gasteiger partial charge is 0.487 e. The van der Waals surface area contributed by atoms with E-state index < -0.39 is 5.79 Å². The van der Waals surface area contributed by atoms with E-state index in [-0.39, 0.29) is 0 Å². The fourth-order valence-electron chi connectivity index (χ4n) is 2.12. The summed E-state index contributed by atoms with van der Waals surface area (Å²) < 4.78 is 5.69. The molecule has 1 aliphatic heterocycles. The van der Waals surface area contributed by atoms with Gasteiger partial charge in [0, 0.05) is 18.0 Å². The number of rotatable bonds is 4. The number of pyridine rings is 1. The monoisotopic (exact) mass is 295 g/mol. The summed E-state index contributed by atoms with van der Waals surface area (Å²) in [7, 11) is 0. The predicted octanol–water partition coefficient (Wildman–Crippen LogP) is 1.20. The van der Waals surface area contributed by atoms with Gasteiger partial charge < -0.3 is 15.8 Å². The highest BCUT2D eigenvalue weighted by Gasteiger charge is 2.27. The summed E-state index contributed by atoms with van der Waals surface area (Å²) in [5.41, 5.74) is 13.6. The van der Waals surface area contributed by atoms with Crippen molar-refractivity contribution in [3.05, 3.63) is 72.2 Å². The molecule has 112 valence electrons. The van der Waals surface area contributed by atoms with Crippen molar-refractivity contribution in [1.29, 1.82) is 0 Å². The Morgan fingerprint density at radius 1 is 1.14 bits per heavy atom. The van der Waals surface area contributed by atoms with Gasteiger partial charge in [-0.3, -0.25) is 10.7 Å². The quantitative estimate of drug-likeness (QED) is 0.787. The number of hydrogen-bond donors (Lipinski definition) is 3. The summed E-state index contributed by atoms with van der Waals surface area (Å²) in [6.07, 6.45) is 5.09. The Kier molecular flexibility index (Phi) is 3.76. The van der Waals surface area contributed by atoms with E-state index in [9.17, 15) is 0 Å². The van der Waals surface area contributed by atoms with Crippen LogP contribution in [-0.2, 0) is 12.4 Å². The average Bonchev–Trinajstić information content (AvgIpc) is 2.54. The Labute approximate surface area is 128 Å². The number of nitrogens with two attached hydrogens (primary N) is 2. The topological polar surface area (TPSA) is 98.5 Å². The van der Waals surface area contributed by atoms with E-state index in [0.717, 1.165) is 17.0 Å². The molecule has 1 aromatic heterocycles. The second-order valence-corrected chi connectivity index (χ2v) is 4.91. The molecule has 0 radical (unpaired) electrons. The van der Waals surface area contributed by atoms with Crippen molar-refractivity contribution < 1.29 is 4.74 Å². The van der Waals surface area contributed by atoms with Gasteiger partial charge in [0.25, 0.3) is 0 Å². The van der Waals surface area contributed by atoms with Gasteiger partial charge in [0.1, 0.15) is 18.2 Å². The first kappa shape index (κ1) is 14.1. The highest BCUT2D eigenvalue weighted by molar-refractivity contribution is 5.92. The minimum absolute atomic E-state index is 0.386. The normalized spacial score (nSPS) is 20.1. The summed E-state index contributed by atoms with van der Waals surface area (Å²) in [5.74, 6) is 0.0799. The molecule has 1 atom stereocenters. The van der Waals surface area contributed by atoms with Gasteiger partial charge in [0.15, 0.2) is 0 Å². The summed E-state index contributed by atoms with van der Waals surface area (Å²) in [4.78, 5) is 8.44. The SMILES string of the molecule is NC1=NC(N)(c2ccc(OCc3ccccn3)cc2)NC=C1. The van der Waals surface area contributed by atoms with Crippen molar-refractivity contribution in [2.75, 3.05) is 0 Å². The molecular weight excluding hydrogens is 278 g/mol. The van der Waals surface area contributed by atoms with Crippen LogP contribution in [0.15, 0.2) is 65.9 Å². The molecule has 0 amide bonds. The molecule has 6 heteroatoms. The lowest BCUT2D eigenvalue weighted by molar-refractivity contribution is 0.301. The van der Waals surface area contributed by atoms with Gasteiger partial charge in [-0.1, -0.05) is 6.07 Å². The number of amidine groups is 1. The van der Waals surface area contributed by atoms with Crippen molar-refractivity contribution in [1.82, 2.24) is 10.3 Å². The van der Waals surface area contributed by atoms with Crippen molar-refractivity contribution in [3.63, 3.8) is 0 Å². The molecular formula is C16H17N5O. The van der Waals surface area contributed by atoms with Crippen LogP contribution in [0.5, 0.6) is 5.75 Å². The lowest BCUT2D eigenvalue weighted by Crippen LogP contribution is -2.49. The first-order valence-corrected chi connectivity index (χ1v) is 6.87. The van der Waals surface area contributed by atoms with Gasteiger partial charge in [-0.05, 0) is 42.5 Å². The first-order valence-electron chi connectivity index (χ1n) is 6.87. The Morgan fingerprint density at radius 2 is 1.95 bits per heavy atom. The molecule has 2 aromatic rings. The van der Waals surface area contributed by atoms with Gasteiger partial charge in [-0.2, -0.15) is 0 Å². The molecule has 0 fully saturated rings. The molecule has 0 aliphatic carbocycles. The summed E-state index contributed by atoms with van der Waals surface area (Å²) in [6.45, 7) is 0.417. The number of nitrogens with one attached hydrogen (secondary N) is 1. The fourth-order valence-corrected chi connectivity index (χ4v) is 2.12. The number of ether oxygens (including phenoxy) is 1. The molecule has 1 aliphatic rings. The van der Waals surface area contributed by atoms with E-state index >= 15 is 0 Å². The highest BCUT2D eigenvalue weighted by atomic mass is 16.5. The van der Waals surface area contributed by atoms with E-state index in [0.29, 0.717) is 12.4 Å². The maximum absolute atomic E-state index is 6.21. The molecule has 2 heterocycles. The van der Waals surface area contributed by atoms with Gasteiger partial charge in [0.05, 0.1) is 5.69 Å². The van der Waals surface area contributed by atoms with Crippen molar-refractivity contribution in [3.8, 4) is 5.75 Å². The third-order valence-electron chi connectivity index (χ3n) is 3.27. The summed E-state index contributed by atoms with van der Waals surface area (Å²) in [6, 6.07) is 13.1. The smallest absolute Gasteiger partial charge is 0.211 e. The van der Waals surface area contributed by atoms with Crippen LogP contribution in [-0.4, -0.2) is 10.8 Å². The van der Waals surface area contributed by atoms with Crippen LogP contribution in [0.25, 0.3) is 0 Å². The van der Waals surface area contributed by atoms with E-state index in [2.05, 4.69) is 15.3 Å². The maximum Gasteiger partial charge on any atom is 0.211 e. The van der Waals surface area contributed by atoms with E-state index in [4.69, 9.17) is 16.2 Å². The standard InChI is InChI=1S/C16H17N5O/c17-15-8-10-20-16(18,21-15)12-4-6-14(7-5-12)22-11-13-3-1-2-9-19-13/h1-10,20H,11,18H2,(H2,17,21). The Bertz CT molecular complexity index is 696. The molecule has 22 heavy (non-hydrogen) atoms. The van der Waals surface area contributed by atoms with Crippen LogP contribution in [0, 0.1) is 0 Å². The second kappa shape index (κ2) is 5.87. The summed E-state index contributed by atoms with van der Waals surface area (Å²) in [5, 5.41) is 3.00. The Balaban J connectivity index is 1.69. The lowest BCUT2D eigenvalue weighted by atomic mass is 10.1. The molecule has 0 bridgehead atoms. The fraction of sp³-hybridized carbons (Fsp3) is 0.125. The van der Waals surface area contributed by atoms with Gasteiger partial charge in [-0.25, -0.2) is 4.99 Å². The van der Waals surface area contributed by atoms with E-state index in [1.807, 2.05) is 42.5 Å². The second-order valence-electron chi connectivity index (χ2n) is 4.91. The molecule has 5 N–H and O–H groups in total. The number of nitrogens with zero attached hydrogens (tertiary/aromatic N) is 2. The number of aromatic nitrogens is 1. The maximum atomic E-state index is 6.21. The summed E-state index contributed by atoms with van der Waals surface area (Å²) >= 11 is 0. The van der Waals surface area contributed by atoms with E-state index in [1.165, 1.54) is 0 Å². The molecule has 6 nitrogen and oxygen atoms in total. The van der Waals surface area contributed by atoms with Crippen LogP contribution in [0.3, 0.4) is 0 Å². The molecule has 0 saturated heterocycles. The molecule has 1 unspecified atom stereocenters. The number of hydrogen-bond acceptors (Lipinski definition) is 6. The van der Waals surface area contributed by atoms with Crippen LogP contribution in [0.2, 0.25) is 0 Å². The van der Waals surface area contributed by atoms with Crippen molar-refractivity contribution >= 4 is 5.84 Å². The van der Waals surface area contributed by atoms with Crippen LogP contribution >= 0.6 is 0 Å². The minimum atomic E-state index is -1.04.